The zero-order chi connectivity index (χ0) is 14.8. The molecule has 0 radical (unpaired) electrons. The van der Waals surface area contributed by atoms with Crippen LogP contribution in [-0.4, -0.2) is 46.2 Å². The normalized spacial score (nSPS) is 35.6. The van der Waals surface area contributed by atoms with E-state index in [9.17, 15) is 9.90 Å². The lowest BCUT2D eigenvalue weighted by Gasteiger charge is -2.44. The van der Waals surface area contributed by atoms with E-state index in [0.29, 0.717) is 12.1 Å². The van der Waals surface area contributed by atoms with Gasteiger partial charge in [0.2, 0.25) is 0 Å². The van der Waals surface area contributed by atoms with Gasteiger partial charge in [-0.1, -0.05) is 6.92 Å². The average molecular weight is 282 g/mol. The third-order valence-corrected chi connectivity index (χ3v) is 5.06. The minimum atomic E-state index is -0.710. The highest BCUT2D eigenvalue weighted by molar-refractivity contribution is 5.79. The maximum Gasteiger partial charge on any atom is 0.323 e. The van der Waals surface area contributed by atoms with Crippen molar-refractivity contribution in [1.29, 1.82) is 0 Å². The van der Waals surface area contributed by atoms with Gasteiger partial charge in [0, 0.05) is 18.1 Å². The zero-order valence-electron chi connectivity index (χ0n) is 13.2. The summed E-state index contributed by atoms with van der Waals surface area (Å²) in [6.07, 6.45) is 7.44. The zero-order valence-corrected chi connectivity index (χ0v) is 13.2. The highest BCUT2D eigenvalue weighted by Gasteiger charge is 2.45. The highest BCUT2D eigenvalue weighted by atomic mass is 16.4. The molecule has 0 spiro atoms. The molecule has 1 saturated carbocycles. The summed E-state index contributed by atoms with van der Waals surface area (Å²) in [6.45, 7) is 7.49. The van der Waals surface area contributed by atoms with Crippen molar-refractivity contribution < 1.29 is 9.90 Å². The average Bonchev–Trinajstić information content (AvgIpc) is 2.86. The van der Waals surface area contributed by atoms with Crippen LogP contribution in [-0.2, 0) is 4.79 Å². The van der Waals surface area contributed by atoms with Gasteiger partial charge in [0.05, 0.1) is 0 Å². The van der Waals surface area contributed by atoms with Crippen LogP contribution in [0.5, 0.6) is 0 Å². The summed E-state index contributed by atoms with van der Waals surface area (Å²) in [5.74, 6) is -0.664. The Kier molecular flexibility index (Phi) is 5.08. The van der Waals surface area contributed by atoms with Crippen molar-refractivity contribution in [1.82, 2.24) is 10.2 Å². The van der Waals surface area contributed by atoms with Crippen molar-refractivity contribution in [3.05, 3.63) is 0 Å². The molecule has 2 rings (SSSR count). The Labute approximate surface area is 122 Å². The molecule has 1 aliphatic heterocycles. The summed E-state index contributed by atoms with van der Waals surface area (Å²) in [6, 6.07) is 1.33. The van der Waals surface area contributed by atoms with E-state index in [0.717, 1.165) is 32.2 Å². The fourth-order valence-electron chi connectivity index (χ4n) is 4.25. The Hall–Kier alpha value is -0.610. The predicted octanol–water partition coefficient (Wildman–Crippen LogP) is 2.62. The van der Waals surface area contributed by atoms with Gasteiger partial charge >= 0.3 is 5.97 Å². The first kappa shape index (κ1) is 15.8. The van der Waals surface area contributed by atoms with E-state index in [1.54, 1.807) is 0 Å². The molecule has 1 saturated heterocycles. The van der Waals surface area contributed by atoms with E-state index >= 15 is 0 Å². The lowest BCUT2D eigenvalue weighted by molar-refractivity contribution is -0.148. The largest absolute Gasteiger partial charge is 0.480 e. The van der Waals surface area contributed by atoms with Crippen molar-refractivity contribution in [2.24, 2.45) is 0 Å². The lowest BCUT2D eigenvalue weighted by atomic mass is 9.77. The quantitative estimate of drug-likeness (QED) is 0.814. The minimum Gasteiger partial charge on any atom is -0.480 e. The smallest absolute Gasteiger partial charge is 0.323 e. The van der Waals surface area contributed by atoms with Crippen molar-refractivity contribution in [2.75, 3.05) is 6.54 Å². The molecule has 2 aliphatic rings. The number of nitrogens with zero attached hydrogens (tertiary/aromatic N) is 1. The van der Waals surface area contributed by atoms with Gasteiger partial charge in [-0.15, -0.1) is 0 Å². The van der Waals surface area contributed by atoms with Crippen LogP contribution < -0.4 is 5.32 Å². The molecule has 0 amide bonds. The molecule has 20 heavy (non-hydrogen) atoms. The maximum atomic E-state index is 11.8. The number of hydrogen-bond acceptors (Lipinski definition) is 3. The molecule has 0 aromatic carbocycles. The van der Waals surface area contributed by atoms with Crippen LogP contribution in [0, 0.1) is 0 Å². The van der Waals surface area contributed by atoms with Gasteiger partial charge in [-0.3, -0.25) is 15.0 Å². The Morgan fingerprint density at radius 2 is 2.15 bits per heavy atom. The SMILES string of the molecule is CCC1CCCN1C1CCCC(NC(C)C)(C(=O)O)C1. The molecule has 2 N–H and O–H groups in total. The first-order valence-corrected chi connectivity index (χ1v) is 8.25. The summed E-state index contributed by atoms with van der Waals surface area (Å²) >= 11 is 0. The number of nitrogens with one attached hydrogen (secondary N) is 1. The van der Waals surface area contributed by atoms with Crippen LogP contribution in [0.1, 0.15) is 65.7 Å². The molecule has 3 atom stereocenters. The van der Waals surface area contributed by atoms with Gasteiger partial charge in [0.15, 0.2) is 0 Å². The number of rotatable bonds is 5. The van der Waals surface area contributed by atoms with E-state index in [-0.39, 0.29) is 6.04 Å². The van der Waals surface area contributed by atoms with Gasteiger partial charge in [-0.05, 0) is 65.3 Å². The van der Waals surface area contributed by atoms with Crippen LogP contribution >= 0.6 is 0 Å². The molecule has 4 nitrogen and oxygen atoms in total. The minimum absolute atomic E-state index is 0.213. The van der Waals surface area contributed by atoms with E-state index in [4.69, 9.17) is 0 Å². The van der Waals surface area contributed by atoms with Crippen LogP contribution in [0.3, 0.4) is 0 Å². The fraction of sp³-hybridized carbons (Fsp3) is 0.938. The van der Waals surface area contributed by atoms with Crippen molar-refractivity contribution in [3.8, 4) is 0 Å². The molecular formula is C16H30N2O2. The highest BCUT2D eigenvalue weighted by Crippen LogP contribution is 2.35. The molecular weight excluding hydrogens is 252 g/mol. The molecule has 116 valence electrons. The molecule has 4 heteroatoms. The second kappa shape index (κ2) is 6.44. The third kappa shape index (κ3) is 3.17. The van der Waals surface area contributed by atoms with Gasteiger partial charge in [-0.2, -0.15) is 0 Å². The van der Waals surface area contributed by atoms with Crippen molar-refractivity contribution >= 4 is 5.97 Å². The third-order valence-electron chi connectivity index (χ3n) is 5.06. The van der Waals surface area contributed by atoms with Gasteiger partial charge in [0.1, 0.15) is 5.54 Å². The van der Waals surface area contributed by atoms with Crippen LogP contribution in [0.25, 0.3) is 0 Å². The first-order valence-electron chi connectivity index (χ1n) is 8.25. The summed E-state index contributed by atoms with van der Waals surface area (Å²) in [7, 11) is 0. The predicted molar refractivity (Wildman–Crippen MR) is 80.9 cm³/mol. The fourth-order valence-corrected chi connectivity index (χ4v) is 4.25. The monoisotopic (exact) mass is 282 g/mol. The van der Waals surface area contributed by atoms with E-state index < -0.39 is 11.5 Å². The van der Waals surface area contributed by atoms with Crippen molar-refractivity contribution in [3.63, 3.8) is 0 Å². The second-order valence-electron chi connectivity index (χ2n) is 6.88. The Bertz CT molecular complexity index is 345. The summed E-state index contributed by atoms with van der Waals surface area (Å²) in [4.78, 5) is 14.4. The van der Waals surface area contributed by atoms with Gasteiger partial charge < -0.3 is 5.11 Å². The summed E-state index contributed by atoms with van der Waals surface area (Å²) in [5.41, 5.74) is -0.710. The summed E-state index contributed by atoms with van der Waals surface area (Å²) in [5, 5.41) is 13.1. The molecule has 3 unspecified atom stereocenters. The number of carboxylic acid groups (broad SMARTS) is 1. The Morgan fingerprint density at radius 3 is 2.75 bits per heavy atom. The van der Waals surface area contributed by atoms with Gasteiger partial charge in [-0.25, -0.2) is 0 Å². The Balaban J connectivity index is 2.11. The number of carbonyl (C=O) groups is 1. The van der Waals surface area contributed by atoms with Crippen LogP contribution in [0.2, 0.25) is 0 Å². The van der Waals surface area contributed by atoms with E-state index in [2.05, 4.69) is 17.1 Å². The first-order chi connectivity index (χ1) is 9.48. The number of hydrogen-bond donors (Lipinski definition) is 2. The number of likely N-dealkylation sites (tertiary alicyclic amines) is 1. The molecule has 0 bridgehead atoms. The molecule has 1 aliphatic carbocycles. The molecule has 2 fully saturated rings. The molecule has 0 aromatic heterocycles. The maximum absolute atomic E-state index is 11.8. The molecule has 1 heterocycles. The van der Waals surface area contributed by atoms with Crippen LogP contribution in [0.4, 0.5) is 0 Å². The molecule has 0 aromatic rings. The number of carboxylic acids is 1. The second-order valence-corrected chi connectivity index (χ2v) is 6.88. The standard InChI is InChI=1S/C16H30N2O2/c1-4-13-8-6-10-18(13)14-7-5-9-16(11-14,15(19)20)17-12(2)3/h12-14,17H,4-11H2,1-3H3,(H,19,20). The van der Waals surface area contributed by atoms with E-state index in [1.807, 2.05) is 13.8 Å². The Morgan fingerprint density at radius 1 is 1.40 bits per heavy atom. The summed E-state index contributed by atoms with van der Waals surface area (Å²) < 4.78 is 0. The van der Waals surface area contributed by atoms with E-state index in [1.165, 1.54) is 19.3 Å². The lowest BCUT2D eigenvalue weighted by Crippen LogP contribution is -2.60. The van der Waals surface area contributed by atoms with Crippen LogP contribution in [0.15, 0.2) is 0 Å². The number of aliphatic carboxylic acids is 1. The van der Waals surface area contributed by atoms with Gasteiger partial charge in [0.25, 0.3) is 0 Å². The van der Waals surface area contributed by atoms with Crippen molar-refractivity contribution in [2.45, 2.75) is 89.4 Å². The topological polar surface area (TPSA) is 52.6 Å².